The van der Waals surface area contributed by atoms with E-state index in [0.717, 1.165) is 35.0 Å². The van der Waals surface area contributed by atoms with E-state index in [9.17, 15) is 0 Å². The normalized spacial score (nSPS) is 16.2. The molecule has 5 heteroatoms. The van der Waals surface area contributed by atoms with Gasteiger partial charge in [0.2, 0.25) is 5.95 Å². The van der Waals surface area contributed by atoms with Gasteiger partial charge in [-0.05, 0) is 48.8 Å². The van der Waals surface area contributed by atoms with Gasteiger partial charge in [-0.25, -0.2) is 4.98 Å². The molecule has 0 bridgehead atoms. The van der Waals surface area contributed by atoms with E-state index < -0.39 is 0 Å². The highest BCUT2D eigenvalue weighted by atomic mass is 127. The van der Waals surface area contributed by atoms with Crippen molar-refractivity contribution in [3.8, 4) is 0 Å². The SMILES string of the molecule is CCNc1nc(N2CCCCC2)ncc1I. The van der Waals surface area contributed by atoms with Crippen molar-refractivity contribution in [1.82, 2.24) is 9.97 Å². The van der Waals surface area contributed by atoms with Crippen molar-refractivity contribution in [2.75, 3.05) is 29.9 Å². The molecule has 16 heavy (non-hydrogen) atoms. The van der Waals surface area contributed by atoms with Gasteiger partial charge in [0.15, 0.2) is 0 Å². The minimum atomic E-state index is 0.871. The first-order valence-corrected chi connectivity index (χ1v) is 6.90. The summed E-state index contributed by atoms with van der Waals surface area (Å²) in [6.45, 7) is 5.16. The van der Waals surface area contributed by atoms with Crippen LogP contribution in [0.2, 0.25) is 0 Å². The zero-order chi connectivity index (χ0) is 11.4. The van der Waals surface area contributed by atoms with Crippen LogP contribution in [-0.4, -0.2) is 29.6 Å². The lowest BCUT2D eigenvalue weighted by Gasteiger charge is -2.26. The highest BCUT2D eigenvalue weighted by Gasteiger charge is 2.14. The number of rotatable bonds is 3. The summed E-state index contributed by atoms with van der Waals surface area (Å²) in [4.78, 5) is 11.3. The Balaban J connectivity index is 2.17. The van der Waals surface area contributed by atoms with Gasteiger partial charge in [-0.3, -0.25) is 0 Å². The summed E-state index contributed by atoms with van der Waals surface area (Å²) >= 11 is 2.27. The molecule has 88 valence electrons. The summed E-state index contributed by atoms with van der Waals surface area (Å²) in [6, 6.07) is 0. The summed E-state index contributed by atoms with van der Waals surface area (Å²) in [6.07, 6.45) is 5.74. The van der Waals surface area contributed by atoms with Crippen LogP contribution in [0.25, 0.3) is 0 Å². The number of piperidine rings is 1. The van der Waals surface area contributed by atoms with Crippen LogP contribution in [0, 0.1) is 3.57 Å². The smallest absolute Gasteiger partial charge is 0.227 e. The second-order valence-corrected chi connectivity index (χ2v) is 5.11. The minimum Gasteiger partial charge on any atom is -0.369 e. The number of nitrogens with one attached hydrogen (secondary N) is 1. The van der Waals surface area contributed by atoms with Crippen molar-refractivity contribution >= 4 is 34.4 Å². The van der Waals surface area contributed by atoms with Gasteiger partial charge < -0.3 is 10.2 Å². The summed E-state index contributed by atoms with van der Waals surface area (Å²) in [5.41, 5.74) is 0. The van der Waals surface area contributed by atoms with E-state index in [0.29, 0.717) is 0 Å². The molecule has 1 aromatic rings. The average Bonchev–Trinajstić information content (AvgIpc) is 2.33. The molecule has 0 aromatic carbocycles. The van der Waals surface area contributed by atoms with Crippen LogP contribution in [0.15, 0.2) is 6.20 Å². The van der Waals surface area contributed by atoms with Crippen molar-refractivity contribution in [3.63, 3.8) is 0 Å². The predicted octanol–water partition coefficient (Wildman–Crippen LogP) is 2.50. The maximum absolute atomic E-state index is 4.58. The van der Waals surface area contributed by atoms with Crippen molar-refractivity contribution < 1.29 is 0 Å². The number of halogens is 1. The molecule has 1 saturated heterocycles. The third-order valence-corrected chi connectivity index (χ3v) is 3.50. The fourth-order valence-corrected chi connectivity index (χ4v) is 2.35. The van der Waals surface area contributed by atoms with Gasteiger partial charge in [0.05, 0.1) is 3.57 Å². The van der Waals surface area contributed by atoms with Gasteiger partial charge in [0.1, 0.15) is 5.82 Å². The molecule has 2 rings (SSSR count). The minimum absolute atomic E-state index is 0.871. The Kier molecular flexibility index (Phi) is 4.20. The largest absolute Gasteiger partial charge is 0.369 e. The number of hydrogen-bond donors (Lipinski definition) is 1. The van der Waals surface area contributed by atoms with Crippen LogP contribution in [0.1, 0.15) is 26.2 Å². The number of anilines is 2. The lowest BCUT2D eigenvalue weighted by atomic mass is 10.1. The van der Waals surface area contributed by atoms with Gasteiger partial charge in [0, 0.05) is 25.8 Å². The summed E-state index contributed by atoms with van der Waals surface area (Å²) in [5.74, 6) is 1.83. The number of aromatic nitrogens is 2. The molecule has 1 fully saturated rings. The molecule has 0 atom stereocenters. The Morgan fingerprint density at radius 3 is 2.81 bits per heavy atom. The van der Waals surface area contributed by atoms with Crippen LogP contribution < -0.4 is 10.2 Å². The van der Waals surface area contributed by atoms with E-state index in [1.165, 1.54) is 19.3 Å². The Labute approximate surface area is 110 Å². The molecular weight excluding hydrogens is 315 g/mol. The quantitative estimate of drug-likeness (QED) is 0.864. The molecule has 1 aliphatic rings. The predicted molar refractivity (Wildman–Crippen MR) is 75.0 cm³/mol. The van der Waals surface area contributed by atoms with Crippen molar-refractivity contribution in [2.45, 2.75) is 26.2 Å². The standard InChI is InChI=1S/C11H17IN4/c1-2-13-10-9(12)8-14-11(15-10)16-6-4-3-5-7-16/h8H,2-7H2,1H3,(H,13,14,15). The molecule has 4 nitrogen and oxygen atoms in total. The van der Waals surface area contributed by atoms with E-state index in [4.69, 9.17) is 0 Å². The molecule has 0 aliphatic carbocycles. The molecule has 0 radical (unpaired) electrons. The third kappa shape index (κ3) is 2.75. The second kappa shape index (κ2) is 5.65. The van der Waals surface area contributed by atoms with Crippen molar-refractivity contribution in [3.05, 3.63) is 9.77 Å². The van der Waals surface area contributed by atoms with Crippen LogP contribution in [-0.2, 0) is 0 Å². The topological polar surface area (TPSA) is 41.1 Å². The van der Waals surface area contributed by atoms with Crippen LogP contribution in [0.4, 0.5) is 11.8 Å². The van der Waals surface area contributed by atoms with Gasteiger partial charge in [-0.2, -0.15) is 4.98 Å². The zero-order valence-electron chi connectivity index (χ0n) is 9.54. The molecule has 0 saturated carbocycles. The maximum atomic E-state index is 4.58. The first-order chi connectivity index (χ1) is 7.81. The average molecular weight is 332 g/mol. The van der Waals surface area contributed by atoms with Crippen LogP contribution in [0.5, 0.6) is 0 Å². The van der Waals surface area contributed by atoms with Crippen molar-refractivity contribution in [2.24, 2.45) is 0 Å². The second-order valence-electron chi connectivity index (χ2n) is 3.94. The van der Waals surface area contributed by atoms with E-state index in [1.807, 2.05) is 6.20 Å². The summed E-state index contributed by atoms with van der Waals surface area (Å²) < 4.78 is 1.08. The van der Waals surface area contributed by atoms with E-state index in [1.54, 1.807) is 0 Å². The Morgan fingerprint density at radius 2 is 2.12 bits per heavy atom. The lowest BCUT2D eigenvalue weighted by Crippen LogP contribution is -2.31. The Morgan fingerprint density at radius 1 is 1.38 bits per heavy atom. The molecule has 1 N–H and O–H groups in total. The lowest BCUT2D eigenvalue weighted by molar-refractivity contribution is 0.568. The third-order valence-electron chi connectivity index (χ3n) is 2.71. The Bertz CT molecular complexity index is 350. The van der Waals surface area contributed by atoms with Gasteiger partial charge >= 0.3 is 0 Å². The van der Waals surface area contributed by atoms with Crippen LogP contribution in [0.3, 0.4) is 0 Å². The van der Waals surface area contributed by atoms with Gasteiger partial charge in [-0.1, -0.05) is 0 Å². The zero-order valence-corrected chi connectivity index (χ0v) is 11.7. The highest BCUT2D eigenvalue weighted by molar-refractivity contribution is 14.1. The van der Waals surface area contributed by atoms with E-state index in [2.05, 4.69) is 49.7 Å². The van der Waals surface area contributed by atoms with Gasteiger partial charge in [0.25, 0.3) is 0 Å². The Hall–Kier alpha value is -0.590. The fraction of sp³-hybridized carbons (Fsp3) is 0.636. The number of nitrogens with zero attached hydrogens (tertiary/aromatic N) is 3. The number of hydrogen-bond acceptors (Lipinski definition) is 4. The molecule has 0 amide bonds. The highest BCUT2D eigenvalue weighted by Crippen LogP contribution is 2.20. The summed E-state index contributed by atoms with van der Waals surface area (Å²) in [5, 5.41) is 3.27. The van der Waals surface area contributed by atoms with E-state index >= 15 is 0 Å². The first kappa shape index (κ1) is 11.9. The maximum Gasteiger partial charge on any atom is 0.227 e. The van der Waals surface area contributed by atoms with E-state index in [-0.39, 0.29) is 0 Å². The molecule has 2 heterocycles. The molecule has 1 aromatic heterocycles. The summed E-state index contributed by atoms with van der Waals surface area (Å²) in [7, 11) is 0. The molecule has 1 aliphatic heterocycles. The molecule has 0 unspecified atom stereocenters. The van der Waals surface area contributed by atoms with Gasteiger partial charge in [-0.15, -0.1) is 0 Å². The monoisotopic (exact) mass is 332 g/mol. The fourth-order valence-electron chi connectivity index (χ4n) is 1.90. The molecule has 0 spiro atoms. The van der Waals surface area contributed by atoms with Crippen LogP contribution >= 0.6 is 22.6 Å². The molecular formula is C11H17IN4. The van der Waals surface area contributed by atoms with Crippen molar-refractivity contribution in [1.29, 1.82) is 0 Å². The first-order valence-electron chi connectivity index (χ1n) is 5.82.